The smallest absolute Gasteiger partial charge is 0.247 e. The molecule has 0 bridgehead atoms. The van der Waals surface area contributed by atoms with Crippen LogP contribution in [0.25, 0.3) is 22.0 Å². The van der Waals surface area contributed by atoms with E-state index in [9.17, 15) is 14.7 Å². The monoisotopic (exact) mass is 451 g/mol. The average Bonchev–Trinajstić information content (AvgIpc) is 3.14. The van der Waals surface area contributed by atoms with E-state index in [1.807, 2.05) is 25.1 Å². The fourth-order valence-corrected chi connectivity index (χ4v) is 5.01. The second kappa shape index (κ2) is 8.81. The minimum absolute atomic E-state index is 0.0771. The van der Waals surface area contributed by atoms with Gasteiger partial charge in [-0.05, 0) is 72.6 Å². The number of fused-ring (bicyclic) bond motifs is 3. The predicted molar refractivity (Wildman–Crippen MR) is 128 cm³/mol. The second-order valence-electron chi connectivity index (χ2n) is 8.33. The van der Waals surface area contributed by atoms with Gasteiger partial charge in [0.05, 0.1) is 11.9 Å². The molecule has 0 fully saturated rings. The number of anilines is 1. The molecule has 1 atom stereocenters. The van der Waals surface area contributed by atoms with Crippen LogP contribution < -0.4 is 11.1 Å². The number of carbonyl (C=O) groups is 2. The Kier molecular flexibility index (Phi) is 6.09. The van der Waals surface area contributed by atoms with E-state index in [2.05, 4.69) is 16.9 Å². The second-order valence-corrected chi connectivity index (χ2v) is 8.74. The van der Waals surface area contributed by atoms with Gasteiger partial charge in [0.1, 0.15) is 0 Å². The number of H-pyrrole nitrogens is 1. The highest BCUT2D eigenvalue weighted by Crippen LogP contribution is 2.44. The zero-order valence-electron chi connectivity index (χ0n) is 17.9. The van der Waals surface area contributed by atoms with Crippen molar-refractivity contribution in [2.75, 3.05) is 11.9 Å². The number of primary amides is 1. The van der Waals surface area contributed by atoms with Gasteiger partial charge in [-0.1, -0.05) is 30.3 Å². The lowest BCUT2D eigenvalue weighted by Crippen LogP contribution is -2.16. The molecule has 7 heteroatoms. The summed E-state index contributed by atoms with van der Waals surface area (Å²) in [6.07, 6.45) is 3.73. The summed E-state index contributed by atoms with van der Waals surface area (Å²) in [5.41, 5.74) is 12.7. The Hall–Kier alpha value is -3.09. The number of hydrogen-bond donors (Lipinski definition) is 4. The molecule has 1 aliphatic rings. The Morgan fingerprint density at radius 3 is 2.88 bits per heavy atom. The molecule has 0 spiro atoms. The molecule has 2 aromatic carbocycles. The number of benzene rings is 2. The van der Waals surface area contributed by atoms with E-state index in [1.54, 1.807) is 6.07 Å². The first-order valence-corrected chi connectivity index (χ1v) is 11.0. The molecule has 0 saturated heterocycles. The topological polar surface area (TPSA) is 108 Å². The largest absolute Gasteiger partial charge is 0.396 e. The molecular formula is C25H26ClN3O3. The van der Waals surface area contributed by atoms with E-state index in [0.717, 1.165) is 63.7 Å². The fraction of sp³-hybridized carbons (Fsp3) is 0.280. The first-order valence-electron chi connectivity index (χ1n) is 10.6. The minimum Gasteiger partial charge on any atom is -0.396 e. The summed E-state index contributed by atoms with van der Waals surface area (Å²) >= 11 is 6.83. The molecule has 32 heavy (non-hydrogen) atoms. The number of amides is 2. The molecule has 5 N–H and O–H groups in total. The summed E-state index contributed by atoms with van der Waals surface area (Å²) in [7, 11) is 0. The van der Waals surface area contributed by atoms with Gasteiger partial charge < -0.3 is 21.1 Å². The third kappa shape index (κ3) is 3.92. The summed E-state index contributed by atoms with van der Waals surface area (Å²) in [5, 5.41) is 14.0. The molecule has 6 nitrogen and oxygen atoms in total. The van der Waals surface area contributed by atoms with E-state index in [-0.39, 0.29) is 24.9 Å². The third-order valence-corrected chi connectivity index (χ3v) is 6.57. The van der Waals surface area contributed by atoms with Gasteiger partial charge >= 0.3 is 0 Å². The number of aliphatic hydroxyl groups excluding tert-OH is 1. The maximum Gasteiger partial charge on any atom is 0.247 e. The number of aliphatic hydroxyl groups is 1. The Bertz CT molecular complexity index is 1250. The number of aromatic nitrogens is 1. The van der Waals surface area contributed by atoms with E-state index >= 15 is 0 Å². The van der Waals surface area contributed by atoms with Crippen LogP contribution in [0.15, 0.2) is 36.9 Å². The number of nitrogens with two attached hydrogens (primary N) is 1. The number of aryl methyl sites for hydroxylation is 1. The number of rotatable bonds is 6. The number of carbonyl (C=O) groups excluding carboxylic acids is 2. The summed E-state index contributed by atoms with van der Waals surface area (Å²) in [6, 6.07) is 7.49. The van der Waals surface area contributed by atoms with Crippen molar-refractivity contribution >= 4 is 40.0 Å². The lowest BCUT2D eigenvalue weighted by atomic mass is 9.85. The molecule has 166 valence electrons. The van der Waals surface area contributed by atoms with Crippen LogP contribution in [0.5, 0.6) is 0 Å². The summed E-state index contributed by atoms with van der Waals surface area (Å²) in [4.78, 5) is 27.1. The molecule has 1 heterocycles. The quantitative estimate of drug-likeness (QED) is 0.424. The Labute approximate surface area is 191 Å². The van der Waals surface area contributed by atoms with Crippen LogP contribution in [0.4, 0.5) is 5.69 Å². The maximum atomic E-state index is 11.9. The zero-order chi connectivity index (χ0) is 23.0. The highest BCUT2D eigenvalue weighted by atomic mass is 35.5. The first kappa shape index (κ1) is 22.1. The Balaban J connectivity index is 1.99. The van der Waals surface area contributed by atoms with E-state index < -0.39 is 5.91 Å². The summed E-state index contributed by atoms with van der Waals surface area (Å²) in [5.74, 6) is -0.512. The lowest BCUT2D eigenvalue weighted by molar-refractivity contribution is -0.117. The fourth-order valence-electron chi connectivity index (χ4n) is 4.69. The summed E-state index contributed by atoms with van der Waals surface area (Å²) < 4.78 is 0. The molecule has 1 aromatic heterocycles. The normalized spacial score (nSPS) is 15.4. The van der Waals surface area contributed by atoms with Gasteiger partial charge in [-0.25, -0.2) is 0 Å². The number of nitrogens with one attached hydrogen (secondary N) is 2. The van der Waals surface area contributed by atoms with Crippen molar-refractivity contribution in [2.24, 2.45) is 11.7 Å². The zero-order valence-corrected chi connectivity index (χ0v) is 18.7. The van der Waals surface area contributed by atoms with Crippen molar-refractivity contribution in [3.8, 4) is 11.1 Å². The van der Waals surface area contributed by atoms with Crippen LogP contribution in [-0.4, -0.2) is 28.5 Å². The van der Waals surface area contributed by atoms with Gasteiger partial charge in [0, 0.05) is 34.0 Å². The highest BCUT2D eigenvalue weighted by molar-refractivity contribution is 6.35. The third-order valence-electron chi connectivity index (χ3n) is 6.27. The van der Waals surface area contributed by atoms with E-state index in [1.165, 1.54) is 6.08 Å². The molecule has 3 aromatic rings. The molecule has 0 saturated carbocycles. The van der Waals surface area contributed by atoms with Crippen molar-refractivity contribution in [3.63, 3.8) is 0 Å². The lowest BCUT2D eigenvalue weighted by Gasteiger charge is -2.21. The van der Waals surface area contributed by atoms with Crippen molar-refractivity contribution in [1.29, 1.82) is 0 Å². The number of aromatic amines is 1. The van der Waals surface area contributed by atoms with Gasteiger partial charge in [-0.2, -0.15) is 0 Å². The molecule has 4 rings (SSSR count). The number of hydrogen-bond acceptors (Lipinski definition) is 3. The van der Waals surface area contributed by atoms with E-state index in [0.29, 0.717) is 10.7 Å². The Morgan fingerprint density at radius 2 is 2.19 bits per heavy atom. The minimum atomic E-state index is -0.429. The first-order chi connectivity index (χ1) is 15.3. The van der Waals surface area contributed by atoms with E-state index in [4.69, 9.17) is 17.3 Å². The van der Waals surface area contributed by atoms with Crippen molar-refractivity contribution in [3.05, 3.63) is 64.3 Å². The molecule has 1 aliphatic carbocycles. The van der Waals surface area contributed by atoms with Crippen molar-refractivity contribution < 1.29 is 14.7 Å². The maximum absolute atomic E-state index is 11.9. The van der Waals surface area contributed by atoms with Gasteiger partial charge in [-0.3, -0.25) is 9.59 Å². The molecule has 0 radical (unpaired) electrons. The number of halogens is 1. The van der Waals surface area contributed by atoms with Gasteiger partial charge in [0.2, 0.25) is 11.8 Å². The van der Waals surface area contributed by atoms with Crippen molar-refractivity contribution in [2.45, 2.75) is 32.6 Å². The van der Waals surface area contributed by atoms with Crippen molar-refractivity contribution in [1.82, 2.24) is 4.98 Å². The van der Waals surface area contributed by atoms with Crippen LogP contribution in [0.2, 0.25) is 5.02 Å². The van der Waals surface area contributed by atoms with Crippen LogP contribution >= 0.6 is 11.6 Å². The summed E-state index contributed by atoms with van der Waals surface area (Å²) in [6.45, 7) is 5.60. The molecule has 0 aliphatic heterocycles. The van der Waals surface area contributed by atoms with Crippen LogP contribution in [0, 0.1) is 12.8 Å². The standard InChI is InChI=1S/C25H26ClN3O3/c1-3-22(32)28-19-6-4-5-16(13(19)2)23-18(26)10-15(11-21(27)31)25-24(23)17-8-7-14(12-30)9-20(17)29-25/h3-6,10,14,29-30H,1,7-9,11-12H2,2H3,(H2,27,31)(H,28,32). The molecular weight excluding hydrogens is 426 g/mol. The van der Waals surface area contributed by atoms with Crippen LogP contribution in [0.3, 0.4) is 0 Å². The molecule has 1 unspecified atom stereocenters. The average molecular weight is 452 g/mol. The predicted octanol–water partition coefficient (Wildman–Crippen LogP) is 4.05. The van der Waals surface area contributed by atoms with Crippen LogP contribution in [0.1, 0.15) is 28.8 Å². The highest BCUT2D eigenvalue weighted by Gasteiger charge is 2.27. The van der Waals surface area contributed by atoms with Gasteiger partial charge in [0.25, 0.3) is 0 Å². The van der Waals surface area contributed by atoms with Gasteiger partial charge in [0.15, 0.2) is 0 Å². The van der Waals surface area contributed by atoms with Crippen LogP contribution in [-0.2, 0) is 28.9 Å². The molecule has 2 amide bonds. The van der Waals surface area contributed by atoms with Gasteiger partial charge in [-0.15, -0.1) is 0 Å². The SMILES string of the molecule is C=CC(=O)Nc1cccc(-c2c(Cl)cc(CC(N)=O)c3[nH]c4c(c23)CCC(CO)C4)c1C. The Morgan fingerprint density at radius 1 is 1.41 bits per heavy atom.